The van der Waals surface area contributed by atoms with Crippen molar-refractivity contribution in [3.05, 3.63) is 52.6 Å². The van der Waals surface area contributed by atoms with Crippen molar-refractivity contribution in [2.24, 2.45) is 0 Å². The number of benzene rings is 2. The van der Waals surface area contributed by atoms with Crippen LogP contribution in [0.1, 0.15) is 63.8 Å². The molecule has 0 N–H and O–H groups in total. The van der Waals surface area contributed by atoms with Crippen LogP contribution in [-0.2, 0) is 37.7 Å². The number of hydrogen-bond donors (Lipinski definition) is 0. The molecular weight excluding hydrogens is 300 g/mol. The normalized spacial score (nSPS) is 13.9. The molecule has 0 saturated heterocycles. The molecule has 0 heterocycles. The fourth-order valence-corrected chi connectivity index (χ4v) is 4.43. The molecule has 3 rings (SSSR count). The predicted octanol–water partition coefficient (Wildman–Crippen LogP) is 5.02. The van der Waals surface area contributed by atoms with Crippen LogP contribution >= 0.6 is 0 Å². The van der Waals surface area contributed by atoms with Crippen molar-refractivity contribution in [1.29, 1.82) is 0 Å². The molecular formula is C21H25Ti. The van der Waals surface area contributed by atoms with Gasteiger partial charge in [0.2, 0.25) is 0 Å². The Balaban J connectivity index is 2.12. The molecule has 0 nitrogen and oxygen atoms in total. The van der Waals surface area contributed by atoms with E-state index >= 15 is 0 Å². The summed E-state index contributed by atoms with van der Waals surface area (Å²) in [6.07, 6.45) is 1.09. The number of rotatable bonds is 0. The zero-order valence-electron chi connectivity index (χ0n) is 14.6. The van der Waals surface area contributed by atoms with Gasteiger partial charge in [-0.25, -0.2) is 0 Å². The van der Waals surface area contributed by atoms with Gasteiger partial charge in [-0.3, -0.25) is 0 Å². The zero-order chi connectivity index (χ0) is 16.3. The Labute approximate surface area is 146 Å². The molecule has 2 aromatic carbocycles. The summed E-state index contributed by atoms with van der Waals surface area (Å²) >= 11 is 2.30. The van der Waals surface area contributed by atoms with E-state index in [0.29, 0.717) is 0 Å². The first-order chi connectivity index (χ1) is 10.1. The molecule has 22 heavy (non-hydrogen) atoms. The average molecular weight is 325 g/mol. The molecule has 2 aromatic rings. The van der Waals surface area contributed by atoms with Gasteiger partial charge in [0, 0.05) is 0 Å². The Morgan fingerprint density at radius 2 is 1.45 bits per heavy atom. The zero-order valence-corrected chi connectivity index (χ0v) is 16.2. The maximum atomic E-state index is 2.42. The second-order valence-corrected chi connectivity index (χ2v) is 9.34. The van der Waals surface area contributed by atoms with Crippen LogP contribution in [0.15, 0.2) is 30.3 Å². The topological polar surface area (TPSA) is 0 Å². The van der Waals surface area contributed by atoms with Gasteiger partial charge < -0.3 is 0 Å². The van der Waals surface area contributed by atoms with Gasteiger partial charge in [0.1, 0.15) is 0 Å². The van der Waals surface area contributed by atoms with Gasteiger partial charge in [0.25, 0.3) is 0 Å². The van der Waals surface area contributed by atoms with Crippen molar-refractivity contribution in [2.45, 2.75) is 58.8 Å². The van der Waals surface area contributed by atoms with Crippen LogP contribution in [0.5, 0.6) is 0 Å². The number of hydrogen-bond acceptors (Lipinski definition) is 0. The summed E-state index contributed by atoms with van der Waals surface area (Å²) in [4.78, 5) is 0. The SMILES string of the molecule is CC(C)(C)c1ccc2c(c1)Cc1c-2ccc(C(C)(C)C)[c]1[Ti]. The van der Waals surface area contributed by atoms with Gasteiger partial charge >= 0.3 is 147 Å². The van der Waals surface area contributed by atoms with E-state index in [-0.39, 0.29) is 10.8 Å². The molecule has 0 spiro atoms. The Bertz CT molecular complexity index is 740. The molecule has 0 fully saturated rings. The average Bonchev–Trinajstić information content (AvgIpc) is 2.75. The van der Waals surface area contributed by atoms with E-state index in [9.17, 15) is 0 Å². The third kappa shape index (κ3) is 2.61. The summed E-state index contributed by atoms with van der Waals surface area (Å²) in [5, 5.41) is 0. The molecule has 0 bridgehead atoms. The molecule has 0 aromatic heterocycles. The predicted molar refractivity (Wildman–Crippen MR) is 91.7 cm³/mol. The minimum absolute atomic E-state index is 0.213. The molecule has 0 radical (unpaired) electrons. The van der Waals surface area contributed by atoms with Gasteiger partial charge in [-0.2, -0.15) is 0 Å². The molecule has 0 aliphatic heterocycles. The van der Waals surface area contributed by atoms with E-state index in [0.717, 1.165) is 6.42 Å². The van der Waals surface area contributed by atoms with Crippen LogP contribution in [0, 0.1) is 0 Å². The third-order valence-electron chi connectivity index (χ3n) is 4.75. The first kappa shape index (κ1) is 16.0. The second-order valence-electron chi connectivity index (χ2n) is 8.56. The molecule has 1 aliphatic carbocycles. The van der Waals surface area contributed by atoms with Crippen molar-refractivity contribution in [3.8, 4) is 11.1 Å². The molecule has 113 valence electrons. The van der Waals surface area contributed by atoms with E-state index < -0.39 is 0 Å². The molecule has 1 heteroatoms. The fourth-order valence-electron chi connectivity index (χ4n) is 3.37. The first-order valence-electron chi connectivity index (χ1n) is 8.11. The van der Waals surface area contributed by atoms with E-state index in [2.05, 4.69) is 92.3 Å². The molecule has 0 atom stereocenters. The Hall–Kier alpha value is -0.846. The minimum atomic E-state index is 0.213. The van der Waals surface area contributed by atoms with Gasteiger partial charge in [0.05, 0.1) is 0 Å². The van der Waals surface area contributed by atoms with Crippen LogP contribution in [-0.4, -0.2) is 0 Å². The molecule has 0 amide bonds. The van der Waals surface area contributed by atoms with Crippen molar-refractivity contribution in [1.82, 2.24) is 0 Å². The monoisotopic (exact) mass is 325 g/mol. The molecule has 0 saturated carbocycles. The summed E-state index contributed by atoms with van der Waals surface area (Å²) in [5.41, 5.74) is 9.26. The Morgan fingerprint density at radius 1 is 0.818 bits per heavy atom. The van der Waals surface area contributed by atoms with Gasteiger partial charge in [0.15, 0.2) is 0 Å². The Kier molecular flexibility index (Phi) is 3.70. The summed E-state index contributed by atoms with van der Waals surface area (Å²) in [7, 11) is 0. The first-order valence-corrected chi connectivity index (χ1v) is 8.89. The van der Waals surface area contributed by atoms with Gasteiger partial charge in [-0.15, -0.1) is 0 Å². The standard InChI is InChI=1S/C21H25.Ti/c1-20(2,3)16-7-9-18-14(12-16)11-15-13-17(21(4,5)6)8-10-19(15)18;/h7-10,12H,11H2,1-6H3;. The van der Waals surface area contributed by atoms with Crippen molar-refractivity contribution in [2.75, 3.05) is 0 Å². The van der Waals surface area contributed by atoms with E-state index in [4.69, 9.17) is 0 Å². The fraction of sp³-hybridized carbons (Fsp3) is 0.429. The second kappa shape index (κ2) is 5.08. The Morgan fingerprint density at radius 3 is 2.05 bits per heavy atom. The van der Waals surface area contributed by atoms with E-state index in [1.165, 1.54) is 37.2 Å². The van der Waals surface area contributed by atoms with Crippen LogP contribution in [0.2, 0.25) is 0 Å². The summed E-state index contributed by atoms with van der Waals surface area (Å²) in [6.45, 7) is 13.8. The van der Waals surface area contributed by atoms with Crippen molar-refractivity contribution < 1.29 is 20.4 Å². The van der Waals surface area contributed by atoms with E-state index in [1.54, 1.807) is 0 Å². The third-order valence-corrected chi connectivity index (χ3v) is 5.64. The molecule has 0 unspecified atom stereocenters. The maximum absolute atomic E-state index is 2.42. The van der Waals surface area contributed by atoms with Gasteiger partial charge in [-0.05, 0) is 0 Å². The van der Waals surface area contributed by atoms with Crippen LogP contribution < -0.4 is 3.87 Å². The quantitative estimate of drug-likeness (QED) is 0.509. The van der Waals surface area contributed by atoms with Crippen LogP contribution in [0.4, 0.5) is 0 Å². The summed E-state index contributed by atoms with van der Waals surface area (Å²) < 4.78 is 1.48. The van der Waals surface area contributed by atoms with Crippen LogP contribution in [0.25, 0.3) is 11.1 Å². The summed E-state index contributed by atoms with van der Waals surface area (Å²) in [6, 6.07) is 11.7. The number of fused-ring (bicyclic) bond motifs is 3. The van der Waals surface area contributed by atoms with E-state index in [1.807, 2.05) is 0 Å². The van der Waals surface area contributed by atoms with Gasteiger partial charge in [-0.1, -0.05) is 0 Å². The summed E-state index contributed by atoms with van der Waals surface area (Å²) in [5.74, 6) is 0. The van der Waals surface area contributed by atoms with Crippen LogP contribution in [0.3, 0.4) is 0 Å². The van der Waals surface area contributed by atoms with Crippen molar-refractivity contribution in [3.63, 3.8) is 0 Å². The molecule has 1 aliphatic rings. The van der Waals surface area contributed by atoms with Crippen molar-refractivity contribution >= 4 is 3.87 Å².